The van der Waals surface area contributed by atoms with Gasteiger partial charge in [-0.25, -0.2) is 0 Å². The van der Waals surface area contributed by atoms with E-state index in [1.54, 1.807) is 12.1 Å². The predicted octanol–water partition coefficient (Wildman–Crippen LogP) is 3.33. The highest BCUT2D eigenvalue weighted by molar-refractivity contribution is 7.07. The molecule has 1 fully saturated rings. The number of likely N-dealkylation sites (N-methyl/N-ethyl adjacent to an activating group) is 1. The van der Waals surface area contributed by atoms with E-state index in [1.807, 2.05) is 53.0 Å². The number of aryl methyl sites for hydroxylation is 2. The van der Waals surface area contributed by atoms with Crippen LogP contribution in [0.25, 0.3) is 0 Å². The summed E-state index contributed by atoms with van der Waals surface area (Å²) in [6.45, 7) is 10.7. The van der Waals surface area contributed by atoms with Gasteiger partial charge in [-0.2, -0.15) is 4.99 Å². The van der Waals surface area contributed by atoms with E-state index in [0.717, 1.165) is 30.9 Å². The van der Waals surface area contributed by atoms with Crippen LogP contribution in [0.3, 0.4) is 0 Å². The third kappa shape index (κ3) is 4.92. The minimum atomic E-state index is -0.272. The highest BCUT2D eigenvalue weighted by Crippen LogP contribution is 2.15. The topological polar surface area (TPSA) is 71.1 Å². The average molecular weight is 453 g/mol. The van der Waals surface area contributed by atoms with Crippen molar-refractivity contribution in [3.63, 3.8) is 0 Å². The van der Waals surface area contributed by atoms with Crippen molar-refractivity contribution in [3.8, 4) is 0 Å². The Morgan fingerprint density at radius 2 is 1.88 bits per heavy atom. The summed E-state index contributed by atoms with van der Waals surface area (Å²) in [4.78, 5) is 34.6. The molecule has 1 aliphatic rings. The number of aromatic nitrogens is 1. The van der Waals surface area contributed by atoms with Crippen LogP contribution in [0.2, 0.25) is 0 Å². The fourth-order valence-electron chi connectivity index (χ4n) is 3.78. The SMILES string of the molecule is CCN1CCN(C(=O)c2ccc(Cn3c(C)csc3=NC(=O)c3cccc(C)c3)o2)CC1. The summed E-state index contributed by atoms with van der Waals surface area (Å²) in [7, 11) is 0. The van der Waals surface area contributed by atoms with Crippen molar-refractivity contribution in [3.05, 3.63) is 74.9 Å². The van der Waals surface area contributed by atoms with Crippen molar-refractivity contribution >= 4 is 23.2 Å². The van der Waals surface area contributed by atoms with Crippen molar-refractivity contribution in [1.29, 1.82) is 0 Å². The molecular weight excluding hydrogens is 424 g/mol. The number of piperazine rings is 1. The van der Waals surface area contributed by atoms with Crippen molar-refractivity contribution < 1.29 is 14.0 Å². The normalized spacial score (nSPS) is 15.3. The van der Waals surface area contributed by atoms with Crippen molar-refractivity contribution in [2.75, 3.05) is 32.7 Å². The molecule has 1 aliphatic heterocycles. The van der Waals surface area contributed by atoms with E-state index in [1.165, 1.54) is 11.3 Å². The Bertz CT molecular complexity index is 1180. The lowest BCUT2D eigenvalue weighted by Crippen LogP contribution is -2.48. The maximum atomic E-state index is 12.8. The van der Waals surface area contributed by atoms with Crippen LogP contribution in [0.4, 0.5) is 0 Å². The van der Waals surface area contributed by atoms with Gasteiger partial charge in [0.05, 0.1) is 6.54 Å². The molecule has 0 radical (unpaired) electrons. The zero-order valence-corrected chi connectivity index (χ0v) is 19.5. The number of benzene rings is 1. The Balaban J connectivity index is 1.50. The van der Waals surface area contributed by atoms with Gasteiger partial charge < -0.3 is 18.8 Å². The lowest BCUT2D eigenvalue weighted by atomic mass is 10.1. The molecule has 0 aliphatic carbocycles. The van der Waals surface area contributed by atoms with Gasteiger partial charge in [-0.3, -0.25) is 9.59 Å². The average Bonchev–Trinajstić information content (AvgIpc) is 3.41. The summed E-state index contributed by atoms with van der Waals surface area (Å²) in [5, 5.41) is 1.96. The first-order chi connectivity index (χ1) is 15.4. The summed E-state index contributed by atoms with van der Waals surface area (Å²) in [5.41, 5.74) is 2.56. The third-order valence-corrected chi connectivity index (χ3v) is 6.73. The number of amides is 2. The molecule has 0 unspecified atom stereocenters. The molecule has 7 nitrogen and oxygen atoms in total. The molecule has 0 spiro atoms. The van der Waals surface area contributed by atoms with Crippen LogP contribution in [0.5, 0.6) is 0 Å². The summed E-state index contributed by atoms with van der Waals surface area (Å²) < 4.78 is 7.83. The lowest BCUT2D eigenvalue weighted by Gasteiger charge is -2.33. The molecule has 32 heavy (non-hydrogen) atoms. The highest BCUT2D eigenvalue weighted by Gasteiger charge is 2.23. The molecular formula is C24H28N4O3S. The number of hydrogen-bond donors (Lipinski definition) is 0. The zero-order chi connectivity index (χ0) is 22.7. The Kier molecular flexibility index (Phi) is 6.72. The van der Waals surface area contributed by atoms with Gasteiger partial charge in [-0.05, 0) is 44.7 Å². The van der Waals surface area contributed by atoms with Crippen molar-refractivity contribution in [2.24, 2.45) is 4.99 Å². The minimum absolute atomic E-state index is 0.0708. The largest absolute Gasteiger partial charge is 0.454 e. The van der Waals surface area contributed by atoms with E-state index in [2.05, 4.69) is 16.8 Å². The predicted molar refractivity (Wildman–Crippen MR) is 124 cm³/mol. The van der Waals surface area contributed by atoms with Crippen LogP contribution in [-0.4, -0.2) is 58.9 Å². The molecule has 4 rings (SSSR count). The van der Waals surface area contributed by atoms with Crippen LogP contribution < -0.4 is 4.80 Å². The Morgan fingerprint density at radius 1 is 1.09 bits per heavy atom. The van der Waals surface area contributed by atoms with Gasteiger partial charge >= 0.3 is 0 Å². The van der Waals surface area contributed by atoms with E-state index in [-0.39, 0.29) is 11.8 Å². The van der Waals surface area contributed by atoms with Gasteiger partial charge in [0.25, 0.3) is 11.8 Å². The molecule has 2 aromatic heterocycles. The van der Waals surface area contributed by atoms with Gasteiger partial charge in [0.1, 0.15) is 5.76 Å². The Morgan fingerprint density at radius 3 is 2.59 bits per heavy atom. The highest BCUT2D eigenvalue weighted by atomic mass is 32.1. The molecule has 3 heterocycles. The van der Waals surface area contributed by atoms with E-state index < -0.39 is 0 Å². The fourth-order valence-corrected chi connectivity index (χ4v) is 4.66. The molecule has 0 saturated carbocycles. The maximum absolute atomic E-state index is 12.8. The van der Waals surface area contributed by atoms with Gasteiger partial charge in [0, 0.05) is 42.8 Å². The van der Waals surface area contributed by atoms with Crippen LogP contribution in [-0.2, 0) is 6.54 Å². The number of hydrogen-bond acceptors (Lipinski definition) is 5. The Labute approximate surface area is 191 Å². The van der Waals surface area contributed by atoms with E-state index >= 15 is 0 Å². The second kappa shape index (κ2) is 9.67. The van der Waals surface area contributed by atoms with Gasteiger partial charge in [0.2, 0.25) is 0 Å². The lowest BCUT2D eigenvalue weighted by molar-refractivity contribution is 0.0610. The standard InChI is InChI=1S/C24H28N4O3S/c1-4-26-10-12-27(13-11-26)23(30)21-9-8-20(31-21)15-28-18(3)16-32-24(28)25-22(29)19-7-5-6-17(2)14-19/h5-9,14,16H,4,10-13,15H2,1-3H3. The second-order valence-corrected chi connectivity index (χ2v) is 8.86. The zero-order valence-electron chi connectivity index (χ0n) is 18.7. The van der Waals surface area contributed by atoms with E-state index in [0.29, 0.717) is 41.5 Å². The third-order valence-electron chi connectivity index (χ3n) is 5.75. The van der Waals surface area contributed by atoms with Crippen LogP contribution in [0, 0.1) is 13.8 Å². The van der Waals surface area contributed by atoms with Crippen molar-refractivity contribution in [2.45, 2.75) is 27.3 Å². The van der Waals surface area contributed by atoms with Crippen LogP contribution >= 0.6 is 11.3 Å². The minimum Gasteiger partial charge on any atom is -0.454 e. The number of carbonyl (C=O) groups excluding carboxylic acids is 2. The van der Waals surface area contributed by atoms with Gasteiger partial charge in [-0.15, -0.1) is 11.3 Å². The first-order valence-corrected chi connectivity index (χ1v) is 11.7. The van der Waals surface area contributed by atoms with Crippen LogP contribution in [0.15, 0.2) is 51.2 Å². The quantitative estimate of drug-likeness (QED) is 0.595. The maximum Gasteiger partial charge on any atom is 0.289 e. The molecule has 8 heteroatoms. The number of thiazole rings is 1. The van der Waals surface area contributed by atoms with Gasteiger partial charge in [-0.1, -0.05) is 24.6 Å². The first kappa shape index (κ1) is 22.2. The summed E-state index contributed by atoms with van der Waals surface area (Å²) in [5.74, 6) is 0.670. The number of rotatable bonds is 5. The second-order valence-electron chi connectivity index (χ2n) is 8.02. The molecule has 3 aromatic rings. The van der Waals surface area contributed by atoms with Crippen LogP contribution in [0.1, 0.15) is 44.9 Å². The van der Waals surface area contributed by atoms with E-state index in [4.69, 9.17) is 4.42 Å². The van der Waals surface area contributed by atoms with Crippen molar-refractivity contribution in [1.82, 2.24) is 14.4 Å². The van der Waals surface area contributed by atoms with E-state index in [9.17, 15) is 9.59 Å². The monoisotopic (exact) mass is 452 g/mol. The molecule has 2 amide bonds. The molecule has 1 saturated heterocycles. The molecule has 0 N–H and O–H groups in total. The molecule has 168 valence electrons. The number of furan rings is 1. The molecule has 0 bridgehead atoms. The number of nitrogens with zero attached hydrogens (tertiary/aromatic N) is 4. The smallest absolute Gasteiger partial charge is 0.289 e. The fraction of sp³-hybridized carbons (Fsp3) is 0.375. The van der Waals surface area contributed by atoms with Gasteiger partial charge in [0.15, 0.2) is 10.6 Å². The summed E-state index contributed by atoms with van der Waals surface area (Å²) >= 11 is 1.41. The first-order valence-electron chi connectivity index (χ1n) is 10.9. The molecule has 1 aromatic carbocycles. The summed E-state index contributed by atoms with van der Waals surface area (Å²) in [6, 6.07) is 11.0. The molecule has 0 atom stereocenters. The number of carbonyl (C=O) groups is 2. The Hall–Kier alpha value is -2.97. The summed E-state index contributed by atoms with van der Waals surface area (Å²) in [6.07, 6.45) is 0.